The van der Waals surface area contributed by atoms with Crippen LogP contribution in [0.4, 0.5) is 5.82 Å². The van der Waals surface area contributed by atoms with E-state index in [1.165, 1.54) is 0 Å². The lowest BCUT2D eigenvalue weighted by molar-refractivity contribution is 0.296. The van der Waals surface area contributed by atoms with Crippen LogP contribution in [0.2, 0.25) is 0 Å². The van der Waals surface area contributed by atoms with Gasteiger partial charge in [-0.05, 0) is 18.2 Å². The van der Waals surface area contributed by atoms with Crippen LogP contribution in [0.25, 0.3) is 22.2 Å². The summed E-state index contributed by atoms with van der Waals surface area (Å²) in [5.74, 6) is 1.17. The molecule has 0 bridgehead atoms. The summed E-state index contributed by atoms with van der Waals surface area (Å²) < 4.78 is 7.81. The summed E-state index contributed by atoms with van der Waals surface area (Å²) in [6.07, 6.45) is 0. The summed E-state index contributed by atoms with van der Waals surface area (Å²) in [6, 6.07) is 15.6. The van der Waals surface area contributed by atoms with Gasteiger partial charge in [0.2, 0.25) is 0 Å². The van der Waals surface area contributed by atoms with Crippen LogP contribution in [0.1, 0.15) is 5.69 Å². The van der Waals surface area contributed by atoms with E-state index >= 15 is 0 Å². The summed E-state index contributed by atoms with van der Waals surface area (Å²) in [7, 11) is 1.92. The average Bonchev–Trinajstić information content (AvgIpc) is 3.16. The normalized spacial score (nSPS) is 11.0. The second kappa shape index (κ2) is 5.69. The molecule has 4 aromatic rings. The van der Waals surface area contributed by atoms with E-state index in [2.05, 4.69) is 20.5 Å². The third-order valence-electron chi connectivity index (χ3n) is 3.92. The molecule has 0 amide bonds. The van der Waals surface area contributed by atoms with Crippen molar-refractivity contribution in [3.05, 3.63) is 54.2 Å². The summed E-state index contributed by atoms with van der Waals surface area (Å²) in [6.45, 7) is 0.425. The SMILES string of the molecule is Cn1nc2ccccc2c1COc1cccc(-c2nn[nH]c2N)c1. The quantitative estimate of drug-likeness (QED) is 0.602. The molecule has 0 radical (unpaired) electrons. The molecule has 2 heterocycles. The molecule has 0 aliphatic carbocycles. The molecule has 0 atom stereocenters. The molecule has 0 unspecified atom stereocenters. The first kappa shape index (κ1) is 14.3. The Morgan fingerprint density at radius 2 is 2.04 bits per heavy atom. The number of rotatable bonds is 4. The highest BCUT2D eigenvalue weighted by molar-refractivity contribution is 5.81. The van der Waals surface area contributed by atoms with Gasteiger partial charge in [0.1, 0.15) is 23.9 Å². The van der Waals surface area contributed by atoms with Gasteiger partial charge in [-0.1, -0.05) is 35.5 Å². The van der Waals surface area contributed by atoms with Crippen LogP contribution in [0, 0.1) is 0 Å². The van der Waals surface area contributed by atoms with E-state index < -0.39 is 0 Å². The van der Waals surface area contributed by atoms with Gasteiger partial charge >= 0.3 is 0 Å². The van der Waals surface area contributed by atoms with E-state index in [0.29, 0.717) is 18.1 Å². The zero-order chi connectivity index (χ0) is 16.5. The zero-order valence-electron chi connectivity index (χ0n) is 13.1. The Labute approximate surface area is 138 Å². The fraction of sp³-hybridized carbons (Fsp3) is 0.118. The van der Waals surface area contributed by atoms with E-state index in [1.54, 1.807) is 0 Å². The van der Waals surface area contributed by atoms with Crippen molar-refractivity contribution in [2.45, 2.75) is 6.61 Å². The predicted octanol–water partition coefficient (Wildman–Crippen LogP) is 2.52. The first-order chi connectivity index (χ1) is 11.7. The maximum absolute atomic E-state index is 5.96. The van der Waals surface area contributed by atoms with Gasteiger partial charge in [0.15, 0.2) is 0 Å². The van der Waals surface area contributed by atoms with Crippen molar-refractivity contribution in [2.24, 2.45) is 7.05 Å². The number of ether oxygens (including phenoxy) is 1. The molecule has 0 aliphatic heterocycles. The Bertz CT molecular complexity index is 1000. The fourth-order valence-corrected chi connectivity index (χ4v) is 2.71. The average molecular weight is 320 g/mol. The number of fused-ring (bicyclic) bond motifs is 1. The highest BCUT2D eigenvalue weighted by Gasteiger charge is 2.11. The molecule has 0 fully saturated rings. The maximum Gasteiger partial charge on any atom is 0.147 e. The van der Waals surface area contributed by atoms with Crippen LogP contribution in [-0.4, -0.2) is 25.2 Å². The van der Waals surface area contributed by atoms with Gasteiger partial charge in [0.25, 0.3) is 0 Å². The number of H-pyrrole nitrogens is 1. The Morgan fingerprint density at radius 1 is 1.17 bits per heavy atom. The van der Waals surface area contributed by atoms with Gasteiger partial charge in [0, 0.05) is 18.0 Å². The highest BCUT2D eigenvalue weighted by atomic mass is 16.5. The maximum atomic E-state index is 5.96. The molecule has 7 heteroatoms. The third kappa shape index (κ3) is 2.45. The number of benzene rings is 2. The molecule has 0 spiro atoms. The first-order valence-corrected chi connectivity index (χ1v) is 7.53. The van der Waals surface area contributed by atoms with Crippen LogP contribution < -0.4 is 10.5 Å². The number of aryl methyl sites for hydroxylation is 1. The molecule has 2 aromatic carbocycles. The summed E-state index contributed by atoms with van der Waals surface area (Å²) in [5.41, 5.74) is 9.28. The van der Waals surface area contributed by atoms with E-state index in [9.17, 15) is 0 Å². The Kier molecular flexibility index (Phi) is 3.38. The van der Waals surface area contributed by atoms with Gasteiger partial charge in [-0.2, -0.15) is 5.10 Å². The second-order valence-corrected chi connectivity index (χ2v) is 5.48. The monoisotopic (exact) mass is 320 g/mol. The van der Waals surface area contributed by atoms with Crippen molar-refractivity contribution in [2.75, 3.05) is 5.73 Å². The van der Waals surface area contributed by atoms with Gasteiger partial charge in [-0.3, -0.25) is 4.68 Å². The van der Waals surface area contributed by atoms with Crippen molar-refractivity contribution < 1.29 is 4.74 Å². The van der Waals surface area contributed by atoms with E-state index in [1.807, 2.05) is 60.3 Å². The van der Waals surface area contributed by atoms with Gasteiger partial charge in [-0.25, -0.2) is 5.10 Å². The number of nitrogens with two attached hydrogens (primary N) is 1. The minimum Gasteiger partial charge on any atom is -0.487 e. The van der Waals surface area contributed by atoms with Crippen molar-refractivity contribution in [3.8, 4) is 17.0 Å². The molecule has 0 aliphatic rings. The van der Waals surface area contributed by atoms with Crippen LogP contribution >= 0.6 is 0 Å². The molecule has 24 heavy (non-hydrogen) atoms. The van der Waals surface area contributed by atoms with Gasteiger partial charge in [0.05, 0.1) is 11.2 Å². The Hall–Kier alpha value is -3.35. The third-order valence-corrected chi connectivity index (χ3v) is 3.92. The fourth-order valence-electron chi connectivity index (χ4n) is 2.71. The van der Waals surface area contributed by atoms with Crippen LogP contribution in [0.15, 0.2) is 48.5 Å². The summed E-state index contributed by atoms with van der Waals surface area (Å²) in [4.78, 5) is 0. The van der Waals surface area contributed by atoms with Crippen LogP contribution in [0.3, 0.4) is 0 Å². The number of aromatic amines is 1. The van der Waals surface area contributed by atoms with Crippen molar-refractivity contribution in [1.82, 2.24) is 25.2 Å². The second-order valence-electron chi connectivity index (χ2n) is 5.48. The molecule has 3 N–H and O–H groups in total. The number of aromatic nitrogens is 5. The van der Waals surface area contributed by atoms with Crippen molar-refractivity contribution in [3.63, 3.8) is 0 Å². The zero-order valence-corrected chi connectivity index (χ0v) is 13.1. The number of anilines is 1. The highest BCUT2D eigenvalue weighted by Crippen LogP contribution is 2.26. The molecular weight excluding hydrogens is 304 g/mol. The Morgan fingerprint density at radius 3 is 2.88 bits per heavy atom. The van der Waals surface area contributed by atoms with Gasteiger partial charge in [-0.15, -0.1) is 5.10 Å². The molecule has 4 rings (SSSR count). The number of nitrogens with zero attached hydrogens (tertiary/aromatic N) is 4. The smallest absolute Gasteiger partial charge is 0.147 e. The summed E-state index contributed by atoms with van der Waals surface area (Å²) >= 11 is 0. The first-order valence-electron chi connectivity index (χ1n) is 7.53. The molecule has 120 valence electrons. The number of nitrogens with one attached hydrogen (secondary N) is 1. The Balaban J connectivity index is 1.60. The summed E-state index contributed by atoms with van der Waals surface area (Å²) in [5, 5.41) is 15.9. The molecular formula is C17H16N6O. The van der Waals surface area contributed by atoms with E-state index in [0.717, 1.165) is 27.9 Å². The topological polar surface area (TPSA) is 94.6 Å². The van der Waals surface area contributed by atoms with E-state index in [-0.39, 0.29) is 0 Å². The number of hydrogen-bond acceptors (Lipinski definition) is 5. The molecule has 7 nitrogen and oxygen atoms in total. The van der Waals surface area contributed by atoms with Gasteiger partial charge < -0.3 is 10.5 Å². The number of hydrogen-bond donors (Lipinski definition) is 2. The number of nitrogen functional groups attached to an aromatic ring is 1. The largest absolute Gasteiger partial charge is 0.487 e. The minimum absolute atomic E-state index is 0.425. The lowest BCUT2D eigenvalue weighted by Crippen LogP contribution is -2.03. The lowest BCUT2D eigenvalue weighted by atomic mass is 10.1. The van der Waals surface area contributed by atoms with E-state index in [4.69, 9.17) is 10.5 Å². The van der Waals surface area contributed by atoms with Crippen molar-refractivity contribution in [1.29, 1.82) is 0 Å². The molecule has 0 saturated carbocycles. The lowest BCUT2D eigenvalue weighted by Gasteiger charge is -2.08. The minimum atomic E-state index is 0.425. The van der Waals surface area contributed by atoms with Crippen LogP contribution in [0.5, 0.6) is 5.75 Å². The standard InChI is InChI=1S/C17H16N6O/c1-23-15(13-7-2-3-8-14(13)21-23)10-24-12-6-4-5-11(9-12)16-17(18)20-22-19-16/h2-9H,10H2,1H3,(H3,18,19,20,22). The van der Waals surface area contributed by atoms with Crippen molar-refractivity contribution >= 4 is 16.7 Å². The predicted molar refractivity (Wildman–Crippen MR) is 91.3 cm³/mol. The van der Waals surface area contributed by atoms with Crippen LogP contribution in [-0.2, 0) is 13.7 Å². The molecule has 0 saturated heterocycles. The molecule has 2 aromatic heterocycles.